The first kappa shape index (κ1) is 84.5. The number of rotatable bonds is 22. The second-order valence-corrected chi connectivity index (χ2v) is 33.4. The van der Waals surface area contributed by atoms with Gasteiger partial charge in [-0.3, -0.25) is 19.2 Å². The fourth-order valence-corrected chi connectivity index (χ4v) is 17.1. The van der Waals surface area contributed by atoms with Crippen LogP contribution >= 0.6 is 0 Å². The van der Waals surface area contributed by atoms with Crippen LogP contribution in [-0.2, 0) is 57.3 Å². The van der Waals surface area contributed by atoms with Gasteiger partial charge in [0, 0.05) is 48.1 Å². The van der Waals surface area contributed by atoms with E-state index in [1.54, 1.807) is 72.1 Å². The van der Waals surface area contributed by atoms with Gasteiger partial charge in [-0.25, -0.2) is 39.1 Å². The number of hydrogen-bond acceptors (Lipinski definition) is 20. The number of methoxy groups -OCH3 is 2. The molecule has 0 bridgehead atoms. The molecule has 12 rings (SSSR count). The number of hydrogen-bond donors (Lipinski definition) is 8. The Balaban J connectivity index is 0.625. The van der Waals surface area contributed by atoms with Crippen molar-refractivity contribution in [1.29, 1.82) is 0 Å². The maximum atomic E-state index is 14.5. The third-order valence-corrected chi connectivity index (χ3v) is 23.6. The number of aromatic amines is 4. The van der Waals surface area contributed by atoms with E-state index in [9.17, 15) is 55.2 Å². The second kappa shape index (κ2) is 36.9. The second-order valence-electron chi connectivity index (χ2n) is 30.3. The van der Waals surface area contributed by atoms with Gasteiger partial charge in [-0.15, -0.1) is 0 Å². The smallest absolute Gasteiger partial charge is 0.423 e. The van der Waals surface area contributed by atoms with E-state index in [1.807, 2.05) is 76.2 Å². The number of nitrogens with one attached hydrogen (secondary N) is 8. The molecule has 4 aromatic carbocycles. The Morgan fingerprint density at radius 1 is 0.390 bits per heavy atom. The van der Waals surface area contributed by atoms with Gasteiger partial charge >= 0.3 is 44.6 Å². The molecule has 4 aliphatic rings. The van der Waals surface area contributed by atoms with Gasteiger partial charge in [0.25, 0.3) is 0 Å². The molecule has 8 amide bonds. The Labute approximate surface area is 683 Å². The Hall–Kier alpha value is -12.9. The van der Waals surface area contributed by atoms with Crippen LogP contribution in [0.1, 0.15) is 177 Å². The zero-order valence-corrected chi connectivity index (χ0v) is 68.4. The number of amides is 8. The molecule has 0 aliphatic carbocycles. The van der Waals surface area contributed by atoms with E-state index in [2.05, 4.69) is 109 Å². The van der Waals surface area contributed by atoms with Gasteiger partial charge in [0.1, 0.15) is 68.6 Å². The predicted octanol–water partition coefficient (Wildman–Crippen LogP) is 9.57. The average Bonchev–Trinajstić information content (AvgIpc) is 1.21. The number of nitrogens with zero attached hydrogens (tertiary/aromatic N) is 8. The summed E-state index contributed by atoms with van der Waals surface area (Å²) in [6, 6.07) is 16.1. The molecule has 0 spiro atoms. The van der Waals surface area contributed by atoms with Crippen molar-refractivity contribution in [2.24, 2.45) is 23.7 Å². The molecule has 118 heavy (non-hydrogen) atoms. The molecule has 8 N–H and O–H groups in total. The molecule has 8 aromatic rings. The SMILES string of the molecule is COC(=O)N[C@H](C(=O)N1CCC[C@H]1c1ncc(C#CC#Cc2ccc(-c3cnc([C@@H]4CCCN4C(=O)[C@@H](NC(=O)OS(=O)(=O)c4cccc5c(S(=O)(=O)OC(=O)N[C@H](C(=O)N6CCC[C@H]6c6ncc(-c7ccc(C#CC#Cc8cnc([C@@H]9CCCN9C(=O)[C@@H](NC(=O)OC)C(C)C)[nH]8)cc7)[nH]6)C(C)C)cccc45)C(C)C)[nH]3)cc2)[nH]1)C(C)C. The molecule has 0 unspecified atom stereocenters. The normalized spacial score (nSPS) is 17.6. The van der Waals surface area contributed by atoms with E-state index >= 15 is 0 Å². The average molecular weight is 1650 g/mol. The third-order valence-electron chi connectivity index (χ3n) is 21.1. The molecule has 0 saturated carbocycles. The van der Waals surface area contributed by atoms with Crippen LogP contribution in [0.4, 0.5) is 19.2 Å². The number of H-pyrrole nitrogens is 4. The van der Waals surface area contributed by atoms with Crippen molar-refractivity contribution in [2.75, 3.05) is 40.4 Å². The van der Waals surface area contributed by atoms with E-state index in [4.69, 9.17) is 17.8 Å². The minimum absolute atomic E-state index is 0.173. The molecular weight excluding hydrogens is 1550 g/mol. The molecule has 0 radical (unpaired) electrons. The number of alkyl carbamates (subject to hydrolysis) is 2. The number of imidazole rings is 4. The van der Waals surface area contributed by atoms with Gasteiger partial charge in [0.15, 0.2) is 0 Å². The van der Waals surface area contributed by atoms with E-state index < -0.39 is 114 Å². The summed E-state index contributed by atoms with van der Waals surface area (Å²) < 4.78 is 76.2. The predicted molar refractivity (Wildman–Crippen MR) is 431 cm³/mol. The fourth-order valence-electron chi connectivity index (χ4n) is 15.0. The summed E-state index contributed by atoms with van der Waals surface area (Å²) in [5.41, 5.74) is 5.28. The number of likely N-dealkylation sites (tertiary alicyclic amines) is 4. The summed E-state index contributed by atoms with van der Waals surface area (Å²) in [5.74, 6) is 22.7. The number of ether oxygens (including phenoxy) is 2. The van der Waals surface area contributed by atoms with Crippen molar-refractivity contribution in [2.45, 2.75) is 165 Å². The molecule has 4 saturated heterocycles. The van der Waals surface area contributed by atoms with E-state index in [0.29, 0.717) is 122 Å². The maximum Gasteiger partial charge on any atom is 0.423 e. The van der Waals surface area contributed by atoms with Gasteiger partial charge in [-0.1, -0.05) is 116 Å². The Morgan fingerprint density at radius 3 is 0.983 bits per heavy atom. The van der Waals surface area contributed by atoms with Gasteiger partial charge in [-0.05, 0) is 158 Å². The lowest BCUT2D eigenvalue weighted by molar-refractivity contribution is -0.136. The van der Waals surface area contributed by atoms with Crippen LogP contribution in [0.5, 0.6) is 0 Å². The van der Waals surface area contributed by atoms with Gasteiger partial charge in [0.2, 0.25) is 23.6 Å². The first-order valence-electron chi connectivity index (χ1n) is 38.9. The molecule has 34 heteroatoms. The highest BCUT2D eigenvalue weighted by Crippen LogP contribution is 2.38. The summed E-state index contributed by atoms with van der Waals surface area (Å²) in [5, 5.41) is 9.77. The van der Waals surface area contributed by atoms with Crippen LogP contribution in [0.15, 0.2) is 120 Å². The van der Waals surface area contributed by atoms with Crippen molar-refractivity contribution in [3.8, 4) is 69.9 Å². The zero-order chi connectivity index (χ0) is 84.3. The number of benzene rings is 4. The Morgan fingerprint density at radius 2 is 0.678 bits per heavy atom. The summed E-state index contributed by atoms with van der Waals surface area (Å²) in [4.78, 5) is 144. The Kier molecular flexibility index (Phi) is 26.4. The minimum atomic E-state index is -5.07. The van der Waals surface area contributed by atoms with Crippen LogP contribution in [0, 0.1) is 71.0 Å². The topological polar surface area (TPSA) is 418 Å². The molecule has 616 valence electrons. The standard InChI is InChI=1S/C84H92N16O16S2/c1-49(2)69(93-81(105)113-9)77(101)97-41-17-27-63(97)73-85-45-57(89-73)23-13-11-21-53-33-37-55(38-34-53)61-47-87-75(91-61)65-29-19-43-99(65)79(103)71(51(5)6)95-83(107)115-117(109,110)67-31-15-26-60-59(67)25-16-32-68(60)118(111,112)116-84(108)96-72(52(7)8)80(104)100-44-20-30-66(100)76-88-48-62(92-76)56-39-35-54(36-40-56)22-12-14-24-58-46-86-74(90-58)64-28-18-42-98(64)78(102)70(50(3)4)94-82(106)114-10/h15-16,25-26,31-40,45-52,63-66,69-72H,17-20,27-30,41-44H2,1-10H3,(H,85,89)(H,86,90)(H,87,91)(H,88,92)(H,93,105)(H,94,106)(H,95,107)(H,96,108)/t63-,64-,65-,66-,69-,70-,71-,72-/m0/s1. The lowest BCUT2D eigenvalue weighted by Crippen LogP contribution is -2.51. The highest BCUT2D eigenvalue weighted by molar-refractivity contribution is 7.88. The van der Waals surface area contributed by atoms with Crippen molar-refractivity contribution >= 4 is 79.0 Å². The highest BCUT2D eigenvalue weighted by atomic mass is 32.2. The van der Waals surface area contributed by atoms with Crippen LogP contribution in [-0.4, -0.2) is 189 Å². The van der Waals surface area contributed by atoms with Crippen molar-refractivity contribution in [1.82, 2.24) is 80.7 Å². The number of fused-ring (bicyclic) bond motifs is 1. The zero-order valence-electron chi connectivity index (χ0n) is 66.7. The van der Waals surface area contributed by atoms with Crippen LogP contribution < -0.4 is 21.3 Å². The summed E-state index contributed by atoms with van der Waals surface area (Å²) >= 11 is 0. The third kappa shape index (κ3) is 19.4. The molecular formula is C84H92N16O16S2. The maximum absolute atomic E-state index is 14.5. The summed E-state index contributed by atoms with van der Waals surface area (Å²) in [6.07, 6.45) is 7.32. The van der Waals surface area contributed by atoms with Crippen molar-refractivity contribution in [3.63, 3.8) is 0 Å². The van der Waals surface area contributed by atoms with Gasteiger partial charge in [0.05, 0.1) is 74.6 Å². The lowest BCUT2D eigenvalue weighted by Gasteiger charge is -2.30. The molecule has 8 heterocycles. The summed E-state index contributed by atoms with van der Waals surface area (Å²) in [6.45, 7) is 15.7. The van der Waals surface area contributed by atoms with Crippen LogP contribution in [0.25, 0.3) is 33.3 Å². The van der Waals surface area contributed by atoms with E-state index in [-0.39, 0.29) is 46.5 Å². The number of carbonyl (C=O) groups excluding carboxylic acids is 8. The number of carbonyl (C=O) groups is 8. The molecule has 4 fully saturated rings. The summed E-state index contributed by atoms with van der Waals surface area (Å²) in [7, 11) is -7.65. The Bertz CT molecular complexity index is 5290. The highest BCUT2D eigenvalue weighted by Gasteiger charge is 2.43. The molecule has 32 nitrogen and oxygen atoms in total. The van der Waals surface area contributed by atoms with E-state index in [1.165, 1.54) is 38.5 Å². The number of aromatic nitrogens is 8. The minimum Gasteiger partial charge on any atom is -0.453 e. The van der Waals surface area contributed by atoms with Crippen LogP contribution in [0.2, 0.25) is 0 Å². The molecule has 4 aliphatic heterocycles. The lowest BCUT2D eigenvalue weighted by atomic mass is 10.0. The van der Waals surface area contributed by atoms with Crippen molar-refractivity contribution in [3.05, 3.63) is 156 Å². The largest absolute Gasteiger partial charge is 0.453 e. The first-order chi connectivity index (χ1) is 56.5. The quantitative estimate of drug-likeness (QED) is 0.0231. The molecule has 8 atom stereocenters. The monoisotopic (exact) mass is 1640 g/mol. The molecule has 4 aromatic heterocycles. The first-order valence-corrected chi connectivity index (χ1v) is 41.7. The van der Waals surface area contributed by atoms with Gasteiger partial charge in [-0.2, -0.15) is 16.8 Å². The van der Waals surface area contributed by atoms with Gasteiger partial charge < -0.3 is 78.6 Å². The van der Waals surface area contributed by atoms with Crippen LogP contribution in [0.3, 0.4) is 0 Å². The van der Waals surface area contributed by atoms with Crippen molar-refractivity contribution < 1.29 is 73.0 Å². The van der Waals surface area contributed by atoms with E-state index in [0.717, 1.165) is 36.1 Å². The fraction of sp³-hybridized carbons (Fsp3) is 0.405.